The second kappa shape index (κ2) is 3.23. The maximum Gasteiger partial charge on any atom is 0.166 e. The number of carbonyl (C=O) groups is 1. The van der Waals surface area contributed by atoms with E-state index in [0.717, 1.165) is 24.0 Å². The van der Waals surface area contributed by atoms with Crippen LogP contribution in [0.25, 0.3) is 0 Å². The van der Waals surface area contributed by atoms with Gasteiger partial charge in [0.1, 0.15) is 0 Å². The molecule has 0 heterocycles. The fourth-order valence-corrected chi connectivity index (χ4v) is 2.35. The van der Waals surface area contributed by atoms with E-state index in [4.69, 9.17) is 0 Å². The van der Waals surface area contributed by atoms with Gasteiger partial charge < -0.3 is 0 Å². The Kier molecular flexibility index (Phi) is 2.18. The molecule has 0 fully saturated rings. The van der Waals surface area contributed by atoms with Gasteiger partial charge in [-0.15, -0.1) is 0 Å². The lowest BCUT2D eigenvalue weighted by atomic mass is 9.99. The van der Waals surface area contributed by atoms with Crippen LogP contribution in [0.2, 0.25) is 0 Å². The molecule has 0 saturated carbocycles. The Morgan fingerprint density at radius 3 is 2.50 bits per heavy atom. The van der Waals surface area contributed by atoms with Gasteiger partial charge in [-0.25, -0.2) is 0 Å². The van der Waals surface area contributed by atoms with Crippen LogP contribution in [0, 0.1) is 19.8 Å². The van der Waals surface area contributed by atoms with Crippen molar-refractivity contribution in [3.8, 4) is 0 Å². The van der Waals surface area contributed by atoms with E-state index in [1.54, 1.807) is 0 Å². The fourth-order valence-electron chi connectivity index (χ4n) is 2.35. The quantitative estimate of drug-likeness (QED) is 0.662. The zero-order valence-corrected chi connectivity index (χ0v) is 9.05. The van der Waals surface area contributed by atoms with Gasteiger partial charge in [-0.3, -0.25) is 4.79 Å². The molecular weight excluding hydrogens is 172 g/mol. The molecule has 0 spiro atoms. The van der Waals surface area contributed by atoms with Crippen LogP contribution in [-0.4, -0.2) is 5.78 Å². The Morgan fingerprint density at radius 1 is 1.29 bits per heavy atom. The summed E-state index contributed by atoms with van der Waals surface area (Å²) < 4.78 is 0. The molecule has 0 bridgehead atoms. The van der Waals surface area contributed by atoms with Gasteiger partial charge in [-0.05, 0) is 43.4 Å². The third-order valence-electron chi connectivity index (χ3n) is 3.32. The van der Waals surface area contributed by atoms with Gasteiger partial charge in [0, 0.05) is 11.5 Å². The first-order valence-corrected chi connectivity index (χ1v) is 5.28. The Labute approximate surface area is 85.1 Å². The lowest BCUT2D eigenvalue weighted by Crippen LogP contribution is -2.07. The summed E-state index contributed by atoms with van der Waals surface area (Å²) in [7, 11) is 0. The Balaban J connectivity index is 2.58. The predicted molar refractivity (Wildman–Crippen MR) is 57.7 cm³/mol. The first-order valence-electron chi connectivity index (χ1n) is 5.28. The van der Waals surface area contributed by atoms with Crippen molar-refractivity contribution in [2.24, 2.45) is 5.92 Å². The highest BCUT2D eigenvalue weighted by Crippen LogP contribution is 2.32. The lowest BCUT2D eigenvalue weighted by molar-refractivity contribution is 0.0933. The molecule has 2 rings (SSSR count). The maximum atomic E-state index is 12.0. The molecule has 14 heavy (non-hydrogen) atoms. The minimum atomic E-state index is 0.241. The topological polar surface area (TPSA) is 17.1 Å². The van der Waals surface area contributed by atoms with Crippen LogP contribution in [0.1, 0.15) is 40.4 Å². The monoisotopic (exact) mass is 188 g/mol. The van der Waals surface area contributed by atoms with Crippen molar-refractivity contribution in [1.82, 2.24) is 0 Å². The van der Waals surface area contributed by atoms with Crippen molar-refractivity contribution < 1.29 is 4.79 Å². The first-order chi connectivity index (χ1) is 6.65. The summed E-state index contributed by atoms with van der Waals surface area (Å²) in [6, 6.07) is 4.18. The van der Waals surface area contributed by atoms with Gasteiger partial charge in [0.25, 0.3) is 0 Å². The SMILES string of the molecule is CCC1Cc2c(C)ccc(C)c2C1=O. The zero-order chi connectivity index (χ0) is 10.3. The smallest absolute Gasteiger partial charge is 0.166 e. The van der Waals surface area contributed by atoms with Crippen LogP contribution < -0.4 is 0 Å². The van der Waals surface area contributed by atoms with Gasteiger partial charge in [0.05, 0.1) is 0 Å². The number of ketones is 1. The van der Waals surface area contributed by atoms with E-state index in [1.165, 1.54) is 11.1 Å². The van der Waals surface area contributed by atoms with E-state index in [1.807, 2.05) is 6.92 Å². The van der Waals surface area contributed by atoms with Gasteiger partial charge in [-0.2, -0.15) is 0 Å². The average molecular weight is 188 g/mol. The summed E-state index contributed by atoms with van der Waals surface area (Å²) in [6.45, 7) is 6.23. The minimum absolute atomic E-state index is 0.241. The van der Waals surface area contributed by atoms with E-state index in [9.17, 15) is 4.79 Å². The molecule has 1 nitrogen and oxygen atoms in total. The molecule has 1 heteroatoms. The van der Waals surface area contributed by atoms with Crippen molar-refractivity contribution in [3.63, 3.8) is 0 Å². The predicted octanol–water partition coefficient (Wildman–Crippen LogP) is 3.07. The van der Waals surface area contributed by atoms with Crippen LogP contribution in [0.3, 0.4) is 0 Å². The highest BCUT2D eigenvalue weighted by Gasteiger charge is 2.31. The first kappa shape index (κ1) is 9.45. The van der Waals surface area contributed by atoms with E-state index < -0.39 is 0 Å². The molecule has 0 aliphatic heterocycles. The number of Topliss-reactive ketones (excluding diaryl/α,β-unsaturated/α-hetero) is 1. The number of carbonyl (C=O) groups excluding carboxylic acids is 1. The second-order valence-corrected chi connectivity index (χ2v) is 4.23. The summed E-state index contributed by atoms with van der Waals surface area (Å²) in [5, 5.41) is 0. The number of fused-ring (bicyclic) bond motifs is 1. The highest BCUT2D eigenvalue weighted by atomic mass is 16.1. The lowest BCUT2D eigenvalue weighted by Gasteiger charge is -2.04. The van der Waals surface area contributed by atoms with Crippen molar-refractivity contribution in [2.45, 2.75) is 33.6 Å². The molecule has 1 aromatic rings. The van der Waals surface area contributed by atoms with Gasteiger partial charge in [0.2, 0.25) is 0 Å². The van der Waals surface area contributed by atoms with Crippen molar-refractivity contribution in [1.29, 1.82) is 0 Å². The molecule has 0 aromatic heterocycles. The van der Waals surface area contributed by atoms with Gasteiger partial charge >= 0.3 is 0 Å². The van der Waals surface area contributed by atoms with Crippen LogP contribution in [0.15, 0.2) is 12.1 Å². The number of rotatable bonds is 1. The maximum absolute atomic E-state index is 12.0. The summed E-state index contributed by atoms with van der Waals surface area (Å²) in [6.07, 6.45) is 1.92. The van der Waals surface area contributed by atoms with E-state index in [-0.39, 0.29) is 5.92 Å². The van der Waals surface area contributed by atoms with Crippen LogP contribution in [0.5, 0.6) is 0 Å². The summed E-state index contributed by atoms with van der Waals surface area (Å²) in [4.78, 5) is 12.0. The molecule has 1 unspecified atom stereocenters. The number of aryl methyl sites for hydroxylation is 2. The highest BCUT2D eigenvalue weighted by molar-refractivity contribution is 6.03. The third-order valence-corrected chi connectivity index (χ3v) is 3.32. The molecule has 0 N–H and O–H groups in total. The summed E-state index contributed by atoms with van der Waals surface area (Å²) in [5.74, 6) is 0.605. The molecule has 0 amide bonds. The Bertz CT molecular complexity index is 390. The fraction of sp³-hybridized carbons (Fsp3) is 0.462. The van der Waals surface area contributed by atoms with Crippen molar-refractivity contribution in [2.75, 3.05) is 0 Å². The largest absolute Gasteiger partial charge is 0.294 e. The van der Waals surface area contributed by atoms with E-state index in [2.05, 4.69) is 26.0 Å². The Morgan fingerprint density at radius 2 is 1.93 bits per heavy atom. The minimum Gasteiger partial charge on any atom is -0.294 e. The number of hydrogen-bond donors (Lipinski definition) is 0. The van der Waals surface area contributed by atoms with E-state index in [0.29, 0.717) is 5.78 Å². The third kappa shape index (κ3) is 1.19. The molecule has 1 aliphatic carbocycles. The van der Waals surface area contributed by atoms with Gasteiger partial charge in [0.15, 0.2) is 5.78 Å². The molecule has 0 radical (unpaired) electrons. The number of benzene rings is 1. The van der Waals surface area contributed by atoms with E-state index >= 15 is 0 Å². The number of hydrogen-bond acceptors (Lipinski definition) is 1. The van der Waals surface area contributed by atoms with Crippen LogP contribution in [0.4, 0.5) is 0 Å². The van der Waals surface area contributed by atoms with Crippen LogP contribution >= 0.6 is 0 Å². The summed E-state index contributed by atoms with van der Waals surface area (Å²) >= 11 is 0. The Hall–Kier alpha value is -1.11. The molecule has 1 atom stereocenters. The van der Waals surface area contributed by atoms with Crippen molar-refractivity contribution in [3.05, 3.63) is 34.4 Å². The molecule has 1 aliphatic rings. The van der Waals surface area contributed by atoms with Crippen molar-refractivity contribution >= 4 is 5.78 Å². The molecule has 74 valence electrons. The van der Waals surface area contributed by atoms with Gasteiger partial charge in [-0.1, -0.05) is 19.1 Å². The summed E-state index contributed by atoms with van der Waals surface area (Å²) in [5.41, 5.74) is 4.72. The second-order valence-electron chi connectivity index (χ2n) is 4.23. The molecule has 1 aromatic carbocycles. The zero-order valence-electron chi connectivity index (χ0n) is 9.05. The average Bonchev–Trinajstić information content (AvgIpc) is 2.51. The standard InChI is InChI=1S/C13H16O/c1-4-10-7-11-8(2)5-6-9(3)12(11)13(10)14/h5-6,10H,4,7H2,1-3H3. The molecular formula is C13H16O. The molecule has 0 saturated heterocycles. The van der Waals surface area contributed by atoms with Crippen LogP contribution in [-0.2, 0) is 6.42 Å². The normalized spacial score (nSPS) is 19.9.